The van der Waals surface area contributed by atoms with Crippen molar-refractivity contribution in [2.45, 2.75) is 19.6 Å². The van der Waals surface area contributed by atoms with Crippen LogP contribution in [0.25, 0.3) is 11.3 Å². The van der Waals surface area contributed by atoms with E-state index in [0.29, 0.717) is 12.2 Å². The average molecular weight is 418 g/mol. The first-order valence-corrected chi connectivity index (χ1v) is 10.4. The number of amides is 1. The van der Waals surface area contributed by atoms with Gasteiger partial charge in [0, 0.05) is 36.3 Å². The molecule has 0 aliphatic carbocycles. The second-order valence-electron chi connectivity index (χ2n) is 7.80. The van der Waals surface area contributed by atoms with E-state index in [9.17, 15) is 4.79 Å². The number of primary amides is 1. The van der Waals surface area contributed by atoms with Crippen molar-refractivity contribution in [2.24, 2.45) is 5.73 Å². The highest BCUT2D eigenvalue weighted by Gasteiger charge is 2.24. The zero-order chi connectivity index (χ0) is 21.8. The molecule has 160 valence electrons. The third kappa shape index (κ3) is 4.93. The maximum Gasteiger partial charge on any atom is 0.248 e. The molecule has 1 aliphatic rings. The molecule has 2 heterocycles. The summed E-state index contributed by atoms with van der Waals surface area (Å²) < 4.78 is 11.6. The maximum absolute atomic E-state index is 11.3. The van der Waals surface area contributed by atoms with Gasteiger partial charge < -0.3 is 15.2 Å². The summed E-state index contributed by atoms with van der Waals surface area (Å²) in [6, 6.07) is 19.4. The second kappa shape index (κ2) is 9.29. The highest BCUT2D eigenvalue weighted by molar-refractivity contribution is 5.93. The number of nitrogens with two attached hydrogens (primary N) is 1. The van der Waals surface area contributed by atoms with Crippen molar-refractivity contribution >= 4 is 5.91 Å². The topological polar surface area (TPSA) is 77.7 Å². The van der Waals surface area contributed by atoms with Crippen LogP contribution < -0.4 is 10.5 Å². The van der Waals surface area contributed by atoms with Crippen molar-refractivity contribution in [1.29, 1.82) is 0 Å². The first-order chi connectivity index (χ1) is 15.0. The highest BCUT2D eigenvalue weighted by Crippen LogP contribution is 2.27. The molecule has 3 aromatic rings. The Bertz CT molecular complexity index is 1070. The van der Waals surface area contributed by atoms with Crippen LogP contribution >= 0.6 is 0 Å². The molecule has 1 fully saturated rings. The fourth-order valence-corrected chi connectivity index (χ4v) is 3.85. The number of ether oxygens (including phenoxy) is 2. The summed E-state index contributed by atoms with van der Waals surface area (Å²) in [7, 11) is 1.71. The van der Waals surface area contributed by atoms with Crippen LogP contribution in [0.3, 0.4) is 0 Å². The largest absolute Gasteiger partial charge is 0.496 e. The molecule has 0 bridgehead atoms. The van der Waals surface area contributed by atoms with Gasteiger partial charge >= 0.3 is 0 Å². The Morgan fingerprint density at radius 3 is 2.74 bits per heavy atom. The van der Waals surface area contributed by atoms with Gasteiger partial charge in [-0.2, -0.15) is 0 Å². The molecule has 2 N–H and O–H groups in total. The van der Waals surface area contributed by atoms with E-state index in [2.05, 4.69) is 30.0 Å². The number of rotatable bonds is 6. The summed E-state index contributed by atoms with van der Waals surface area (Å²) in [4.78, 5) is 18.5. The number of carbonyl (C=O) groups is 1. The molecule has 6 heteroatoms. The summed E-state index contributed by atoms with van der Waals surface area (Å²) in [5.74, 6) is 0.483. The van der Waals surface area contributed by atoms with E-state index in [4.69, 9.17) is 20.2 Å². The lowest BCUT2D eigenvalue weighted by atomic mass is 10.1. The van der Waals surface area contributed by atoms with E-state index >= 15 is 0 Å². The lowest BCUT2D eigenvalue weighted by Crippen LogP contribution is -2.38. The molecule has 31 heavy (non-hydrogen) atoms. The Morgan fingerprint density at radius 1 is 1.19 bits per heavy atom. The standard InChI is InChI=1S/C25H27N3O3/c1-17-6-7-20(23(14-17)30-2)15-28-12-13-31-24(16-28)22-5-3-4-21(27-22)18-8-10-19(11-9-18)25(26)29/h3-11,14,24H,12-13,15-16H2,1-2H3,(H2,26,29)/t24-/m1/s1. The van der Waals surface area contributed by atoms with E-state index < -0.39 is 5.91 Å². The van der Waals surface area contributed by atoms with Gasteiger partial charge in [0.2, 0.25) is 5.91 Å². The molecule has 0 radical (unpaired) electrons. The minimum absolute atomic E-state index is 0.102. The number of nitrogens with zero attached hydrogens (tertiary/aromatic N) is 2. The normalized spacial score (nSPS) is 16.8. The molecule has 4 rings (SSSR count). The van der Waals surface area contributed by atoms with Crippen molar-refractivity contribution in [2.75, 3.05) is 26.8 Å². The van der Waals surface area contributed by atoms with Crippen LogP contribution in [0.2, 0.25) is 0 Å². The lowest BCUT2D eigenvalue weighted by molar-refractivity contribution is -0.0351. The van der Waals surface area contributed by atoms with Crippen molar-refractivity contribution in [3.63, 3.8) is 0 Å². The van der Waals surface area contributed by atoms with E-state index in [1.807, 2.05) is 30.3 Å². The minimum atomic E-state index is -0.436. The average Bonchev–Trinajstić information content (AvgIpc) is 2.80. The van der Waals surface area contributed by atoms with Crippen LogP contribution in [0, 0.1) is 6.92 Å². The van der Waals surface area contributed by atoms with Gasteiger partial charge in [0.1, 0.15) is 11.9 Å². The third-order valence-corrected chi connectivity index (χ3v) is 5.55. The number of morpholine rings is 1. The number of pyridine rings is 1. The van der Waals surface area contributed by atoms with Crippen LogP contribution in [0.5, 0.6) is 5.75 Å². The summed E-state index contributed by atoms with van der Waals surface area (Å²) in [6.07, 6.45) is -0.102. The van der Waals surface area contributed by atoms with Gasteiger partial charge in [-0.25, -0.2) is 0 Å². The van der Waals surface area contributed by atoms with Gasteiger partial charge in [-0.1, -0.05) is 30.3 Å². The molecule has 1 aromatic heterocycles. The molecular formula is C25H27N3O3. The Labute approximate surface area is 182 Å². The van der Waals surface area contributed by atoms with Crippen LogP contribution in [0.4, 0.5) is 0 Å². The first-order valence-electron chi connectivity index (χ1n) is 10.4. The van der Waals surface area contributed by atoms with Gasteiger partial charge in [0.25, 0.3) is 0 Å². The van der Waals surface area contributed by atoms with Crippen LogP contribution in [0.1, 0.15) is 33.3 Å². The van der Waals surface area contributed by atoms with Crippen molar-refractivity contribution in [3.05, 3.63) is 83.0 Å². The number of carbonyl (C=O) groups excluding carboxylic acids is 1. The SMILES string of the molecule is COc1cc(C)ccc1CN1CCO[C@@H](c2cccc(-c3ccc(C(N)=O)cc3)n2)C1. The van der Waals surface area contributed by atoms with Crippen LogP contribution in [-0.2, 0) is 11.3 Å². The summed E-state index contributed by atoms with van der Waals surface area (Å²) in [5.41, 5.74) is 10.9. The predicted molar refractivity (Wildman–Crippen MR) is 120 cm³/mol. The summed E-state index contributed by atoms with van der Waals surface area (Å²) in [5, 5.41) is 0. The number of hydrogen-bond donors (Lipinski definition) is 1. The Morgan fingerprint density at radius 2 is 2.00 bits per heavy atom. The molecule has 1 saturated heterocycles. The van der Waals surface area contributed by atoms with E-state index in [1.165, 1.54) is 11.1 Å². The molecule has 1 aliphatic heterocycles. The molecule has 1 amide bonds. The number of benzene rings is 2. The Balaban J connectivity index is 1.50. The monoisotopic (exact) mass is 417 g/mol. The predicted octanol–water partition coefficient (Wildman–Crippen LogP) is 3.74. The van der Waals surface area contributed by atoms with Gasteiger partial charge in [-0.15, -0.1) is 0 Å². The third-order valence-electron chi connectivity index (χ3n) is 5.55. The van der Waals surface area contributed by atoms with Crippen molar-refractivity contribution < 1.29 is 14.3 Å². The fourth-order valence-electron chi connectivity index (χ4n) is 3.85. The fraction of sp³-hybridized carbons (Fsp3) is 0.280. The highest BCUT2D eigenvalue weighted by atomic mass is 16.5. The molecule has 2 aromatic carbocycles. The van der Waals surface area contributed by atoms with Gasteiger partial charge in [-0.3, -0.25) is 14.7 Å². The molecule has 1 atom stereocenters. The zero-order valence-electron chi connectivity index (χ0n) is 17.9. The van der Waals surface area contributed by atoms with Gasteiger partial charge in [-0.05, 0) is 42.8 Å². The molecule has 0 saturated carbocycles. The lowest BCUT2D eigenvalue weighted by Gasteiger charge is -2.33. The maximum atomic E-state index is 11.3. The number of aromatic nitrogens is 1. The number of methoxy groups -OCH3 is 1. The van der Waals surface area contributed by atoms with E-state index in [-0.39, 0.29) is 6.10 Å². The van der Waals surface area contributed by atoms with Crippen LogP contribution in [0.15, 0.2) is 60.7 Å². The summed E-state index contributed by atoms with van der Waals surface area (Å²) in [6.45, 7) is 5.14. The van der Waals surface area contributed by atoms with Crippen molar-refractivity contribution in [1.82, 2.24) is 9.88 Å². The van der Waals surface area contributed by atoms with E-state index in [1.54, 1.807) is 19.2 Å². The van der Waals surface area contributed by atoms with Crippen molar-refractivity contribution in [3.8, 4) is 17.0 Å². The Kier molecular flexibility index (Phi) is 6.30. The molecular weight excluding hydrogens is 390 g/mol. The smallest absolute Gasteiger partial charge is 0.248 e. The molecule has 0 spiro atoms. The first kappa shape index (κ1) is 21.0. The summed E-state index contributed by atoms with van der Waals surface area (Å²) >= 11 is 0. The molecule has 6 nitrogen and oxygen atoms in total. The zero-order valence-corrected chi connectivity index (χ0v) is 17.9. The van der Waals surface area contributed by atoms with Gasteiger partial charge in [0.15, 0.2) is 0 Å². The number of hydrogen-bond acceptors (Lipinski definition) is 5. The van der Waals surface area contributed by atoms with Crippen LogP contribution in [-0.4, -0.2) is 42.6 Å². The minimum Gasteiger partial charge on any atom is -0.496 e. The quantitative estimate of drug-likeness (QED) is 0.661. The van der Waals surface area contributed by atoms with E-state index in [0.717, 1.165) is 42.3 Å². The second-order valence-corrected chi connectivity index (χ2v) is 7.80. The number of aryl methyl sites for hydroxylation is 1. The Hall–Kier alpha value is -3.22. The van der Waals surface area contributed by atoms with Gasteiger partial charge in [0.05, 0.1) is 25.1 Å². The molecule has 0 unspecified atom stereocenters.